The molecule has 1 aromatic carbocycles. The number of benzene rings is 1. The number of hydrogen-bond donors (Lipinski definition) is 1. The Bertz CT molecular complexity index is 1280. The lowest BCUT2D eigenvalue weighted by molar-refractivity contribution is 0.0529. The van der Waals surface area contributed by atoms with Gasteiger partial charge in [0.1, 0.15) is 23.4 Å². The lowest BCUT2D eigenvalue weighted by Crippen LogP contribution is -2.39. The average molecular weight is 497 g/mol. The Hall–Kier alpha value is -4.05. The minimum absolute atomic E-state index is 0.108. The molecule has 2 aromatic heterocycles. The predicted molar refractivity (Wildman–Crippen MR) is 129 cm³/mol. The van der Waals surface area contributed by atoms with Crippen LogP contribution in [0.25, 0.3) is 11.3 Å². The van der Waals surface area contributed by atoms with Crippen molar-refractivity contribution < 1.29 is 38.1 Å². The van der Waals surface area contributed by atoms with Gasteiger partial charge in [-0.15, -0.1) is 0 Å². The maximum atomic E-state index is 13.1. The molecular weight excluding hydrogens is 468 g/mol. The maximum Gasteiger partial charge on any atom is 0.374 e. The first-order valence-electron chi connectivity index (χ1n) is 11.3. The van der Waals surface area contributed by atoms with Gasteiger partial charge in [0.25, 0.3) is 0 Å². The molecule has 1 N–H and O–H groups in total. The van der Waals surface area contributed by atoms with E-state index in [1.54, 1.807) is 30.5 Å². The lowest BCUT2D eigenvalue weighted by Gasteiger charge is -2.37. The number of aliphatic hydroxyl groups excluding tert-OH is 1. The molecule has 0 amide bonds. The summed E-state index contributed by atoms with van der Waals surface area (Å²) in [6.45, 7) is 3.80. The zero-order chi connectivity index (χ0) is 26.1. The number of fused-ring (bicyclic) bond motifs is 3. The summed E-state index contributed by atoms with van der Waals surface area (Å²) in [6.07, 6.45) is 0.491. The smallest absolute Gasteiger partial charge is 0.374 e. The Labute approximate surface area is 208 Å². The standard InChI is InChI=1S/C26H28N2O8/c1-13(2)28-20(16-9-7-8-10-27-16)22(29)14-11-17(32-3)18(33-4)12-15(14)23-21(28)19(25(30)34-5)24(36-23)26(31)35-6/h7-13,20,22,29H,1-6H3/t20-,22+/m1/s1. The van der Waals surface area contributed by atoms with Crippen LogP contribution in [0.3, 0.4) is 0 Å². The summed E-state index contributed by atoms with van der Waals surface area (Å²) in [7, 11) is 5.38. The van der Waals surface area contributed by atoms with Crippen LogP contribution in [0.5, 0.6) is 11.5 Å². The quantitative estimate of drug-likeness (QED) is 0.502. The van der Waals surface area contributed by atoms with Crippen LogP contribution in [0.15, 0.2) is 40.9 Å². The van der Waals surface area contributed by atoms with Gasteiger partial charge in [0, 0.05) is 17.8 Å². The molecule has 1 aliphatic heterocycles. The summed E-state index contributed by atoms with van der Waals surface area (Å²) < 4.78 is 27.0. The molecule has 0 saturated heterocycles. The Morgan fingerprint density at radius 2 is 1.69 bits per heavy atom. The van der Waals surface area contributed by atoms with Crippen LogP contribution in [0, 0.1) is 0 Å². The largest absolute Gasteiger partial charge is 0.493 e. The van der Waals surface area contributed by atoms with Crippen molar-refractivity contribution in [1.82, 2.24) is 4.98 Å². The molecule has 10 nitrogen and oxygen atoms in total. The third kappa shape index (κ3) is 3.93. The van der Waals surface area contributed by atoms with Gasteiger partial charge >= 0.3 is 11.9 Å². The van der Waals surface area contributed by atoms with Crippen molar-refractivity contribution >= 4 is 17.6 Å². The Morgan fingerprint density at radius 1 is 1.03 bits per heavy atom. The van der Waals surface area contributed by atoms with Crippen molar-refractivity contribution in [1.29, 1.82) is 0 Å². The predicted octanol–water partition coefficient (Wildman–Crippen LogP) is 3.94. The molecular formula is C26H28N2O8. The maximum absolute atomic E-state index is 13.1. The SMILES string of the molecule is COC(=O)c1oc2c(c1C(=O)OC)N(C(C)C)[C@H](c1ccccn1)[C@@H](O)c1cc(OC)c(OC)cc1-2. The van der Waals surface area contributed by atoms with Gasteiger partial charge in [0.05, 0.1) is 34.1 Å². The van der Waals surface area contributed by atoms with Gasteiger partial charge in [0.2, 0.25) is 5.76 Å². The van der Waals surface area contributed by atoms with Crippen LogP contribution < -0.4 is 14.4 Å². The topological polar surface area (TPSA) is 121 Å². The molecule has 190 valence electrons. The minimum atomic E-state index is -1.13. The summed E-state index contributed by atoms with van der Waals surface area (Å²) in [5.41, 5.74) is 1.57. The molecule has 4 rings (SSSR count). The fourth-order valence-corrected chi connectivity index (χ4v) is 4.61. The number of hydrogen-bond acceptors (Lipinski definition) is 10. The molecule has 3 aromatic rings. The van der Waals surface area contributed by atoms with Gasteiger partial charge < -0.3 is 33.4 Å². The first-order chi connectivity index (χ1) is 17.3. The van der Waals surface area contributed by atoms with E-state index >= 15 is 0 Å². The van der Waals surface area contributed by atoms with Crippen molar-refractivity contribution in [2.24, 2.45) is 0 Å². The van der Waals surface area contributed by atoms with Crippen LogP contribution in [-0.2, 0) is 9.47 Å². The highest BCUT2D eigenvalue weighted by Gasteiger charge is 2.45. The molecule has 0 aliphatic carbocycles. The number of carbonyl (C=O) groups excluding carboxylic acids is 2. The number of ether oxygens (including phenoxy) is 4. The molecule has 0 saturated carbocycles. The summed E-state index contributed by atoms with van der Waals surface area (Å²) in [4.78, 5) is 32.1. The average Bonchev–Trinajstić information content (AvgIpc) is 3.25. The van der Waals surface area contributed by atoms with Crippen molar-refractivity contribution in [3.05, 3.63) is 59.1 Å². The summed E-state index contributed by atoms with van der Waals surface area (Å²) in [5, 5.41) is 11.8. The van der Waals surface area contributed by atoms with E-state index in [1.165, 1.54) is 28.4 Å². The number of esters is 2. The van der Waals surface area contributed by atoms with Gasteiger partial charge in [-0.1, -0.05) is 6.07 Å². The number of aromatic nitrogens is 1. The number of nitrogens with zero attached hydrogens (tertiary/aromatic N) is 2. The zero-order valence-corrected chi connectivity index (χ0v) is 20.9. The van der Waals surface area contributed by atoms with Gasteiger partial charge in [-0.2, -0.15) is 0 Å². The Kier molecular flexibility index (Phi) is 6.89. The van der Waals surface area contributed by atoms with Crippen LogP contribution in [0.2, 0.25) is 0 Å². The highest BCUT2D eigenvalue weighted by Crippen LogP contribution is 2.53. The second-order valence-corrected chi connectivity index (χ2v) is 8.41. The van der Waals surface area contributed by atoms with Crippen LogP contribution in [0.1, 0.15) is 58.2 Å². The third-order valence-electron chi connectivity index (χ3n) is 6.17. The van der Waals surface area contributed by atoms with E-state index in [0.29, 0.717) is 28.3 Å². The minimum Gasteiger partial charge on any atom is -0.493 e. The molecule has 10 heteroatoms. The number of anilines is 1. The molecule has 0 unspecified atom stereocenters. The summed E-state index contributed by atoms with van der Waals surface area (Å²) in [6, 6.07) is 7.61. The zero-order valence-electron chi connectivity index (χ0n) is 20.9. The number of pyridine rings is 1. The fourth-order valence-electron chi connectivity index (χ4n) is 4.61. The highest BCUT2D eigenvalue weighted by atomic mass is 16.5. The monoisotopic (exact) mass is 496 g/mol. The summed E-state index contributed by atoms with van der Waals surface area (Å²) in [5.74, 6) is -0.997. The molecule has 0 fully saturated rings. The number of carbonyl (C=O) groups is 2. The summed E-state index contributed by atoms with van der Waals surface area (Å²) >= 11 is 0. The Morgan fingerprint density at radius 3 is 2.25 bits per heavy atom. The van der Waals surface area contributed by atoms with E-state index in [-0.39, 0.29) is 28.8 Å². The van der Waals surface area contributed by atoms with E-state index < -0.39 is 24.1 Å². The molecule has 0 spiro atoms. The van der Waals surface area contributed by atoms with Gasteiger partial charge in [-0.25, -0.2) is 9.59 Å². The molecule has 1 aliphatic rings. The van der Waals surface area contributed by atoms with E-state index in [2.05, 4.69) is 4.98 Å². The normalized spacial score (nSPS) is 16.6. The second-order valence-electron chi connectivity index (χ2n) is 8.41. The Balaban J connectivity index is 2.19. The molecule has 2 atom stereocenters. The number of aliphatic hydroxyl groups is 1. The molecule has 36 heavy (non-hydrogen) atoms. The van der Waals surface area contributed by atoms with E-state index in [9.17, 15) is 14.7 Å². The van der Waals surface area contributed by atoms with Crippen molar-refractivity contribution in [3.8, 4) is 22.8 Å². The number of furan rings is 1. The molecule has 3 heterocycles. The lowest BCUT2D eigenvalue weighted by atomic mass is 9.94. The molecule has 0 bridgehead atoms. The van der Waals surface area contributed by atoms with Crippen LogP contribution in [0.4, 0.5) is 5.69 Å². The first kappa shape index (κ1) is 25.1. The van der Waals surface area contributed by atoms with Gasteiger partial charge in [-0.05, 0) is 43.7 Å². The van der Waals surface area contributed by atoms with E-state index in [0.717, 1.165) is 0 Å². The van der Waals surface area contributed by atoms with Crippen LogP contribution >= 0.6 is 0 Å². The van der Waals surface area contributed by atoms with E-state index in [1.807, 2.05) is 24.8 Å². The first-order valence-corrected chi connectivity index (χ1v) is 11.3. The second kappa shape index (κ2) is 9.90. The van der Waals surface area contributed by atoms with Crippen LogP contribution in [-0.4, -0.2) is 56.5 Å². The van der Waals surface area contributed by atoms with Gasteiger partial charge in [0.15, 0.2) is 17.3 Å². The van der Waals surface area contributed by atoms with Gasteiger partial charge in [-0.3, -0.25) is 4.98 Å². The highest BCUT2D eigenvalue weighted by molar-refractivity contribution is 6.09. The fraction of sp³-hybridized carbons (Fsp3) is 0.346. The number of rotatable bonds is 6. The van der Waals surface area contributed by atoms with Crippen molar-refractivity contribution in [2.75, 3.05) is 33.3 Å². The van der Waals surface area contributed by atoms with E-state index in [4.69, 9.17) is 23.4 Å². The number of methoxy groups -OCH3 is 4. The van der Waals surface area contributed by atoms with Crippen molar-refractivity contribution in [3.63, 3.8) is 0 Å². The molecule has 0 radical (unpaired) electrons. The van der Waals surface area contributed by atoms with Crippen molar-refractivity contribution in [2.45, 2.75) is 32.0 Å². The third-order valence-corrected chi connectivity index (χ3v) is 6.17.